The lowest BCUT2D eigenvalue weighted by Gasteiger charge is -2.31. The summed E-state index contributed by atoms with van der Waals surface area (Å²) < 4.78 is 37.6. The Morgan fingerprint density at radius 3 is 1.95 bits per heavy atom. The predicted octanol–water partition coefficient (Wildman–Crippen LogP) is 2.07. The van der Waals surface area contributed by atoms with Gasteiger partial charge in [0, 0.05) is 18.6 Å². The van der Waals surface area contributed by atoms with Crippen LogP contribution in [0.2, 0.25) is 0 Å². The molecule has 0 aromatic heterocycles. The Hall–Kier alpha value is -1.47. The summed E-state index contributed by atoms with van der Waals surface area (Å²) in [6.45, 7) is -1.29. The molecule has 0 aromatic rings. The van der Waals surface area contributed by atoms with E-state index in [-0.39, 0.29) is 25.0 Å². The normalized spacial score (nSPS) is 18.8. The maximum absolute atomic E-state index is 12.5. The predicted molar refractivity (Wildman–Crippen MR) is 63.2 cm³/mol. The minimum atomic E-state index is -4.43. The Labute approximate surface area is 114 Å². The average Bonchev–Trinajstić information content (AvgIpc) is 3.15. The number of carbonyl (C=O) groups is 2. The second-order valence-electron chi connectivity index (χ2n) is 5.33. The highest BCUT2D eigenvalue weighted by atomic mass is 19.4. The second kappa shape index (κ2) is 5.49. The molecule has 1 N–H and O–H groups in total. The first-order valence-electron chi connectivity index (χ1n) is 6.63. The molecule has 2 fully saturated rings. The second-order valence-corrected chi connectivity index (χ2v) is 5.33. The zero-order valence-electron chi connectivity index (χ0n) is 10.9. The van der Waals surface area contributed by atoms with E-state index in [0.29, 0.717) is 12.8 Å². The summed E-state index contributed by atoms with van der Waals surface area (Å²) >= 11 is 0. The number of rotatable bonds is 6. The van der Waals surface area contributed by atoms with Crippen molar-refractivity contribution in [3.05, 3.63) is 0 Å². The van der Waals surface area contributed by atoms with E-state index in [1.807, 2.05) is 0 Å². The average molecular weight is 294 g/mol. The molecule has 0 heterocycles. The van der Waals surface area contributed by atoms with Crippen LogP contribution in [0.15, 0.2) is 0 Å². The van der Waals surface area contributed by atoms with Gasteiger partial charge in [0.05, 0.1) is 6.42 Å². The molecule has 2 amide bonds. The number of carboxylic acid groups (broad SMARTS) is 1. The SMILES string of the molecule is O=C(O)CCN(C(=O)N(CC(F)(F)F)C1CC1)C1CC1. The molecule has 2 rings (SSSR count). The minimum absolute atomic E-state index is 0.0279. The van der Waals surface area contributed by atoms with Crippen LogP contribution in [-0.4, -0.2) is 58.3 Å². The zero-order valence-corrected chi connectivity index (χ0v) is 10.9. The lowest BCUT2D eigenvalue weighted by Crippen LogP contribution is -2.49. The molecule has 0 spiro atoms. The number of amides is 2. The van der Waals surface area contributed by atoms with E-state index in [1.165, 1.54) is 4.90 Å². The number of alkyl halides is 3. The molecule has 0 bridgehead atoms. The molecule has 5 nitrogen and oxygen atoms in total. The lowest BCUT2D eigenvalue weighted by molar-refractivity contribution is -0.143. The summed E-state index contributed by atoms with van der Waals surface area (Å²) in [5.74, 6) is -1.06. The Bertz CT molecular complexity index is 392. The van der Waals surface area contributed by atoms with Gasteiger partial charge in [-0.25, -0.2) is 4.79 Å². The van der Waals surface area contributed by atoms with Gasteiger partial charge in [0.15, 0.2) is 0 Å². The number of hydrogen-bond acceptors (Lipinski definition) is 2. The van der Waals surface area contributed by atoms with Gasteiger partial charge in [0.2, 0.25) is 0 Å². The number of carbonyl (C=O) groups excluding carboxylic acids is 1. The monoisotopic (exact) mass is 294 g/mol. The standard InChI is InChI=1S/C12H17F3N2O3/c13-12(14,15)7-17(9-3-4-9)11(20)16(8-1-2-8)6-5-10(18)19/h8-9H,1-7H2,(H,18,19). The highest BCUT2D eigenvalue weighted by molar-refractivity contribution is 5.77. The molecule has 114 valence electrons. The highest BCUT2D eigenvalue weighted by Crippen LogP contribution is 2.34. The van der Waals surface area contributed by atoms with E-state index < -0.39 is 24.7 Å². The Kier molecular flexibility index (Phi) is 4.10. The fraction of sp³-hybridized carbons (Fsp3) is 0.833. The van der Waals surface area contributed by atoms with Gasteiger partial charge in [-0.3, -0.25) is 4.79 Å². The van der Waals surface area contributed by atoms with Gasteiger partial charge >= 0.3 is 18.2 Å². The summed E-state index contributed by atoms with van der Waals surface area (Å²) in [6, 6.07) is -1.12. The van der Waals surface area contributed by atoms with E-state index in [2.05, 4.69) is 0 Å². The van der Waals surface area contributed by atoms with Gasteiger partial charge in [-0.05, 0) is 25.7 Å². The third kappa shape index (κ3) is 4.28. The van der Waals surface area contributed by atoms with Crippen molar-refractivity contribution in [2.75, 3.05) is 13.1 Å². The molecular weight excluding hydrogens is 277 g/mol. The smallest absolute Gasteiger partial charge is 0.406 e. The van der Waals surface area contributed by atoms with Crippen molar-refractivity contribution in [2.45, 2.75) is 50.4 Å². The van der Waals surface area contributed by atoms with Crippen LogP contribution in [-0.2, 0) is 4.79 Å². The number of carboxylic acids is 1. The summed E-state index contributed by atoms with van der Waals surface area (Å²) in [6.07, 6.45) is -2.04. The van der Waals surface area contributed by atoms with Gasteiger partial charge in [-0.2, -0.15) is 13.2 Å². The summed E-state index contributed by atoms with van der Waals surface area (Å²) in [7, 11) is 0. The molecule has 0 aromatic carbocycles. The van der Waals surface area contributed by atoms with Gasteiger partial charge in [-0.1, -0.05) is 0 Å². The van der Waals surface area contributed by atoms with Crippen LogP contribution in [0.4, 0.5) is 18.0 Å². The minimum Gasteiger partial charge on any atom is -0.481 e. The fourth-order valence-electron chi connectivity index (χ4n) is 2.13. The van der Waals surface area contributed by atoms with E-state index in [1.54, 1.807) is 0 Å². The van der Waals surface area contributed by atoms with Crippen LogP contribution in [0.1, 0.15) is 32.1 Å². The van der Waals surface area contributed by atoms with Crippen molar-refractivity contribution >= 4 is 12.0 Å². The molecule has 8 heteroatoms. The maximum Gasteiger partial charge on any atom is 0.406 e. The maximum atomic E-state index is 12.5. The third-order valence-corrected chi connectivity index (χ3v) is 3.38. The first-order chi connectivity index (χ1) is 9.28. The molecule has 0 unspecified atom stereocenters. The lowest BCUT2D eigenvalue weighted by atomic mass is 10.3. The van der Waals surface area contributed by atoms with Crippen LogP contribution >= 0.6 is 0 Å². The third-order valence-electron chi connectivity index (χ3n) is 3.38. The van der Waals surface area contributed by atoms with Gasteiger partial charge in [0.1, 0.15) is 6.54 Å². The number of hydrogen-bond donors (Lipinski definition) is 1. The topological polar surface area (TPSA) is 60.9 Å². The van der Waals surface area contributed by atoms with Gasteiger partial charge < -0.3 is 14.9 Å². The summed E-state index contributed by atoms with van der Waals surface area (Å²) in [5, 5.41) is 8.66. The first kappa shape index (κ1) is 14.9. The Morgan fingerprint density at radius 2 is 1.55 bits per heavy atom. The molecule has 0 radical (unpaired) electrons. The van der Waals surface area contributed by atoms with Gasteiger partial charge in [-0.15, -0.1) is 0 Å². The molecule has 0 aliphatic heterocycles. The summed E-state index contributed by atoms with van der Waals surface area (Å²) in [4.78, 5) is 25.0. The van der Waals surface area contributed by atoms with Crippen LogP contribution in [0, 0.1) is 0 Å². The van der Waals surface area contributed by atoms with Crippen LogP contribution < -0.4 is 0 Å². The van der Waals surface area contributed by atoms with Crippen molar-refractivity contribution in [3.63, 3.8) is 0 Å². The number of urea groups is 1. The molecule has 2 aliphatic carbocycles. The fourth-order valence-corrected chi connectivity index (χ4v) is 2.13. The molecular formula is C12H17F3N2O3. The van der Waals surface area contributed by atoms with E-state index >= 15 is 0 Å². The molecule has 0 atom stereocenters. The Balaban J connectivity index is 2.01. The van der Waals surface area contributed by atoms with Crippen molar-refractivity contribution < 1.29 is 27.9 Å². The number of halogens is 3. The molecule has 20 heavy (non-hydrogen) atoms. The first-order valence-corrected chi connectivity index (χ1v) is 6.63. The quantitative estimate of drug-likeness (QED) is 0.816. The Morgan fingerprint density at radius 1 is 1.05 bits per heavy atom. The van der Waals surface area contributed by atoms with E-state index in [9.17, 15) is 22.8 Å². The highest BCUT2D eigenvalue weighted by Gasteiger charge is 2.44. The summed E-state index contributed by atoms with van der Waals surface area (Å²) in [5.41, 5.74) is 0. The number of nitrogens with zero attached hydrogens (tertiary/aromatic N) is 2. The number of aliphatic carboxylic acids is 1. The van der Waals surface area contributed by atoms with Crippen LogP contribution in [0.5, 0.6) is 0 Å². The van der Waals surface area contributed by atoms with Crippen LogP contribution in [0.25, 0.3) is 0 Å². The van der Waals surface area contributed by atoms with Crippen molar-refractivity contribution in [1.29, 1.82) is 0 Å². The zero-order chi connectivity index (χ0) is 14.9. The van der Waals surface area contributed by atoms with Gasteiger partial charge in [0.25, 0.3) is 0 Å². The van der Waals surface area contributed by atoms with E-state index in [0.717, 1.165) is 17.7 Å². The van der Waals surface area contributed by atoms with Crippen LogP contribution in [0.3, 0.4) is 0 Å². The molecule has 2 aliphatic rings. The van der Waals surface area contributed by atoms with Crippen molar-refractivity contribution in [1.82, 2.24) is 9.80 Å². The van der Waals surface area contributed by atoms with E-state index in [4.69, 9.17) is 5.11 Å². The largest absolute Gasteiger partial charge is 0.481 e. The molecule has 0 saturated heterocycles. The molecule has 2 saturated carbocycles. The van der Waals surface area contributed by atoms with Crippen molar-refractivity contribution in [2.24, 2.45) is 0 Å². The van der Waals surface area contributed by atoms with Crippen molar-refractivity contribution in [3.8, 4) is 0 Å².